The minimum Gasteiger partial charge on any atom is -0.480 e. The van der Waals surface area contributed by atoms with E-state index >= 15 is 0 Å². The molecule has 1 N–H and O–H groups in total. The highest BCUT2D eigenvalue weighted by molar-refractivity contribution is 5.98. The highest BCUT2D eigenvalue weighted by atomic mass is 16.4. The lowest BCUT2D eigenvalue weighted by Crippen LogP contribution is -2.49. The standard InChI is InChI=1S/C18H21NO4/c1-10-4-5-19(14(6-10)18(21)22)17(20)16-9-13-7-11(2)12(3)8-15(13)23-16/h7-10,14H,4-6H2,1-3H3,(H,21,22). The van der Waals surface area contributed by atoms with Crippen LogP contribution in [0.1, 0.15) is 41.4 Å². The van der Waals surface area contributed by atoms with E-state index in [1.165, 1.54) is 4.90 Å². The molecule has 0 saturated carbocycles. The van der Waals surface area contributed by atoms with Crippen molar-refractivity contribution in [3.05, 3.63) is 35.1 Å². The molecule has 5 heteroatoms. The van der Waals surface area contributed by atoms with E-state index in [9.17, 15) is 14.7 Å². The van der Waals surface area contributed by atoms with Crippen molar-refractivity contribution in [2.45, 2.75) is 39.7 Å². The van der Waals surface area contributed by atoms with E-state index < -0.39 is 12.0 Å². The van der Waals surface area contributed by atoms with Crippen LogP contribution in [0.4, 0.5) is 0 Å². The molecule has 0 bridgehead atoms. The zero-order valence-electron chi connectivity index (χ0n) is 13.6. The van der Waals surface area contributed by atoms with Gasteiger partial charge in [-0.15, -0.1) is 0 Å². The summed E-state index contributed by atoms with van der Waals surface area (Å²) in [4.78, 5) is 25.6. The van der Waals surface area contributed by atoms with Gasteiger partial charge in [0.25, 0.3) is 5.91 Å². The van der Waals surface area contributed by atoms with Crippen LogP contribution < -0.4 is 0 Å². The predicted octanol–water partition coefficient (Wildman–Crippen LogP) is 3.37. The van der Waals surface area contributed by atoms with E-state index in [4.69, 9.17) is 4.42 Å². The van der Waals surface area contributed by atoms with Gasteiger partial charge in [-0.1, -0.05) is 6.92 Å². The Bertz CT molecular complexity index is 738. The zero-order chi connectivity index (χ0) is 16.7. The molecule has 0 aliphatic carbocycles. The number of carboxylic acids is 1. The molecule has 23 heavy (non-hydrogen) atoms. The van der Waals surface area contributed by atoms with E-state index in [1.807, 2.05) is 32.9 Å². The number of aryl methyl sites for hydroxylation is 2. The molecular weight excluding hydrogens is 294 g/mol. The Morgan fingerprint density at radius 3 is 2.61 bits per heavy atom. The van der Waals surface area contributed by atoms with E-state index in [1.54, 1.807) is 6.07 Å². The van der Waals surface area contributed by atoms with Crippen molar-refractivity contribution >= 4 is 22.8 Å². The third-order valence-corrected chi connectivity index (χ3v) is 4.75. The number of amides is 1. The fourth-order valence-corrected chi connectivity index (χ4v) is 3.17. The number of hydrogen-bond acceptors (Lipinski definition) is 3. The molecular formula is C18H21NO4. The molecule has 5 nitrogen and oxygen atoms in total. The number of nitrogens with zero attached hydrogens (tertiary/aromatic N) is 1. The van der Waals surface area contributed by atoms with Crippen LogP contribution in [0.2, 0.25) is 0 Å². The van der Waals surface area contributed by atoms with Crippen LogP contribution in [0.25, 0.3) is 11.0 Å². The quantitative estimate of drug-likeness (QED) is 0.922. The number of hydrogen-bond donors (Lipinski definition) is 1. The SMILES string of the molecule is Cc1cc2cc(C(=O)N3CCC(C)CC3C(=O)O)oc2cc1C. The van der Waals surface area contributed by atoms with E-state index in [0.717, 1.165) is 22.9 Å². The number of piperidine rings is 1. The van der Waals surface area contributed by atoms with Gasteiger partial charge in [0.15, 0.2) is 5.76 Å². The first-order valence-electron chi connectivity index (χ1n) is 7.91. The number of benzene rings is 1. The second-order valence-electron chi connectivity index (χ2n) is 6.57. The summed E-state index contributed by atoms with van der Waals surface area (Å²) < 4.78 is 5.69. The Hall–Kier alpha value is -2.30. The van der Waals surface area contributed by atoms with Gasteiger partial charge in [0.2, 0.25) is 0 Å². The lowest BCUT2D eigenvalue weighted by Gasteiger charge is -2.35. The molecule has 2 heterocycles. The van der Waals surface area contributed by atoms with Gasteiger partial charge in [0.05, 0.1) is 0 Å². The van der Waals surface area contributed by atoms with Crippen molar-refractivity contribution in [3.8, 4) is 0 Å². The third kappa shape index (κ3) is 2.83. The second kappa shape index (κ2) is 5.72. The van der Waals surface area contributed by atoms with Gasteiger partial charge in [-0.05, 0) is 61.9 Å². The number of carboxylic acid groups (broad SMARTS) is 1. The number of fused-ring (bicyclic) bond motifs is 1. The smallest absolute Gasteiger partial charge is 0.326 e. The largest absolute Gasteiger partial charge is 0.480 e. The highest BCUT2D eigenvalue weighted by Gasteiger charge is 2.36. The summed E-state index contributed by atoms with van der Waals surface area (Å²) in [7, 11) is 0. The molecule has 1 fully saturated rings. The lowest BCUT2D eigenvalue weighted by molar-refractivity contribution is -0.144. The molecule has 3 rings (SSSR count). The Balaban J connectivity index is 1.94. The van der Waals surface area contributed by atoms with Crippen LogP contribution in [0.3, 0.4) is 0 Å². The molecule has 1 aliphatic rings. The molecule has 1 amide bonds. The van der Waals surface area contributed by atoms with Gasteiger partial charge in [0, 0.05) is 11.9 Å². The molecule has 1 aromatic carbocycles. The van der Waals surface area contributed by atoms with Gasteiger partial charge in [-0.3, -0.25) is 4.79 Å². The number of furan rings is 1. The first-order valence-corrected chi connectivity index (χ1v) is 7.91. The molecule has 2 atom stereocenters. The van der Waals surface area contributed by atoms with Crippen LogP contribution >= 0.6 is 0 Å². The van der Waals surface area contributed by atoms with Crippen LogP contribution in [-0.4, -0.2) is 34.5 Å². The predicted molar refractivity (Wildman–Crippen MR) is 86.5 cm³/mol. The molecule has 1 aliphatic heterocycles. The van der Waals surface area contributed by atoms with Crippen molar-refractivity contribution in [1.29, 1.82) is 0 Å². The first kappa shape index (κ1) is 15.6. The molecule has 2 unspecified atom stereocenters. The van der Waals surface area contributed by atoms with Crippen LogP contribution in [0.5, 0.6) is 0 Å². The molecule has 0 radical (unpaired) electrons. The maximum Gasteiger partial charge on any atom is 0.326 e. The fraction of sp³-hybridized carbons (Fsp3) is 0.444. The summed E-state index contributed by atoms with van der Waals surface area (Å²) in [5.74, 6) is -0.768. The van der Waals surface area contributed by atoms with Crippen molar-refractivity contribution in [1.82, 2.24) is 4.90 Å². The number of rotatable bonds is 2. The monoisotopic (exact) mass is 315 g/mol. The number of likely N-dealkylation sites (tertiary alicyclic amines) is 1. The number of aliphatic carboxylic acids is 1. The Kier molecular flexibility index (Phi) is 3.88. The van der Waals surface area contributed by atoms with Crippen molar-refractivity contribution < 1.29 is 19.1 Å². The Labute approximate surface area is 134 Å². The van der Waals surface area contributed by atoms with Gasteiger partial charge in [-0.2, -0.15) is 0 Å². The number of carbonyl (C=O) groups is 2. The van der Waals surface area contributed by atoms with Crippen LogP contribution in [0.15, 0.2) is 22.6 Å². The topological polar surface area (TPSA) is 70.8 Å². The van der Waals surface area contributed by atoms with Gasteiger partial charge in [0.1, 0.15) is 11.6 Å². The third-order valence-electron chi connectivity index (χ3n) is 4.75. The summed E-state index contributed by atoms with van der Waals surface area (Å²) in [5.41, 5.74) is 2.89. The fourth-order valence-electron chi connectivity index (χ4n) is 3.17. The Morgan fingerprint density at radius 2 is 1.91 bits per heavy atom. The molecule has 0 spiro atoms. The minimum atomic E-state index is -0.951. The summed E-state index contributed by atoms with van der Waals surface area (Å²) in [6.07, 6.45) is 1.30. The summed E-state index contributed by atoms with van der Waals surface area (Å²) in [6.45, 7) is 6.47. The lowest BCUT2D eigenvalue weighted by atomic mass is 9.92. The van der Waals surface area contributed by atoms with Gasteiger partial charge >= 0.3 is 5.97 Å². The summed E-state index contributed by atoms with van der Waals surface area (Å²) in [6, 6.07) is 4.83. The van der Waals surface area contributed by atoms with Crippen molar-refractivity contribution in [3.63, 3.8) is 0 Å². The molecule has 1 saturated heterocycles. The van der Waals surface area contributed by atoms with Crippen LogP contribution in [-0.2, 0) is 4.79 Å². The number of carbonyl (C=O) groups excluding carboxylic acids is 1. The Morgan fingerprint density at radius 1 is 1.22 bits per heavy atom. The maximum atomic E-state index is 12.7. The molecule has 1 aromatic heterocycles. The van der Waals surface area contributed by atoms with Gasteiger partial charge in [-0.25, -0.2) is 4.79 Å². The van der Waals surface area contributed by atoms with Crippen molar-refractivity contribution in [2.24, 2.45) is 5.92 Å². The first-order chi connectivity index (χ1) is 10.9. The van der Waals surface area contributed by atoms with Crippen molar-refractivity contribution in [2.75, 3.05) is 6.54 Å². The average molecular weight is 315 g/mol. The summed E-state index contributed by atoms with van der Waals surface area (Å²) >= 11 is 0. The normalized spacial score (nSPS) is 21.6. The summed E-state index contributed by atoms with van der Waals surface area (Å²) in [5, 5.41) is 10.3. The minimum absolute atomic E-state index is 0.214. The highest BCUT2D eigenvalue weighted by Crippen LogP contribution is 2.28. The second-order valence-corrected chi connectivity index (χ2v) is 6.57. The van der Waals surface area contributed by atoms with Gasteiger partial charge < -0.3 is 14.4 Å². The van der Waals surface area contributed by atoms with Crippen LogP contribution in [0, 0.1) is 19.8 Å². The average Bonchev–Trinajstić information content (AvgIpc) is 2.89. The molecule has 122 valence electrons. The molecule has 2 aromatic rings. The van der Waals surface area contributed by atoms with E-state index in [-0.39, 0.29) is 11.7 Å². The zero-order valence-corrected chi connectivity index (χ0v) is 13.6. The maximum absolute atomic E-state index is 12.7. The van der Waals surface area contributed by atoms with E-state index in [2.05, 4.69) is 0 Å². The van der Waals surface area contributed by atoms with E-state index in [0.29, 0.717) is 24.5 Å².